The van der Waals surface area contributed by atoms with Gasteiger partial charge in [0.1, 0.15) is 5.60 Å². The molecule has 43 heavy (non-hydrogen) atoms. The minimum atomic E-state index is -0.499. The van der Waals surface area contributed by atoms with E-state index in [1.54, 1.807) is 26.2 Å². The fourth-order valence-corrected chi connectivity index (χ4v) is 6.51. The maximum absolute atomic E-state index is 13.7. The minimum Gasteiger partial charge on any atom is -0.493 e. The van der Waals surface area contributed by atoms with Crippen LogP contribution in [0.25, 0.3) is 22.2 Å². The summed E-state index contributed by atoms with van der Waals surface area (Å²) in [5.74, 6) is 2.61. The van der Waals surface area contributed by atoms with Crippen LogP contribution in [0.4, 0.5) is 4.79 Å². The van der Waals surface area contributed by atoms with E-state index in [2.05, 4.69) is 29.8 Å². The normalized spacial score (nSPS) is 18.8. The van der Waals surface area contributed by atoms with E-state index in [9.17, 15) is 9.59 Å². The number of hydrogen-bond acceptors (Lipinski definition) is 6. The van der Waals surface area contributed by atoms with Gasteiger partial charge in [-0.15, -0.1) is 0 Å². The number of nitrogens with zero attached hydrogens (tertiary/aromatic N) is 3. The van der Waals surface area contributed by atoms with Crippen LogP contribution in [0, 0.1) is 11.8 Å². The van der Waals surface area contributed by atoms with Crippen molar-refractivity contribution in [2.75, 3.05) is 60.5 Å². The molecule has 0 bridgehead atoms. The molecule has 1 aromatic heterocycles. The van der Waals surface area contributed by atoms with E-state index in [1.807, 2.05) is 56.0 Å². The first-order valence-electron chi connectivity index (χ1n) is 15.2. The molecule has 232 valence electrons. The molecule has 1 N–H and O–H groups in total. The molecule has 0 aliphatic carbocycles. The summed E-state index contributed by atoms with van der Waals surface area (Å²) in [6, 6.07) is 12.0. The molecule has 9 heteroatoms. The van der Waals surface area contributed by atoms with E-state index in [0.717, 1.165) is 60.4 Å². The van der Waals surface area contributed by atoms with E-state index in [1.165, 1.54) is 5.56 Å². The third-order valence-corrected chi connectivity index (χ3v) is 8.64. The number of carbonyl (C=O) groups is 2. The third kappa shape index (κ3) is 6.47. The largest absolute Gasteiger partial charge is 0.493 e. The number of carbonyl (C=O) groups excluding carboxylic acids is 2. The Bertz CT molecular complexity index is 1480. The van der Waals surface area contributed by atoms with Crippen molar-refractivity contribution < 1.29 is 23.8 Å². The van der Waals surface area contributed by atoms with Crippen molar-refractivity contribution in [2.24, 2.45) is 11.8 Å². The lowest BCUT2D eigenvalue weighted by Gasteiger charge is -2.27. The van der Waals surface area contributed by atoms with Gasteiger partial charge < -0.3 is 33.9 Å². The standard InChI is InChI=1S/C34H46N4O5/c1-21(2)30-26-15-23(9-11-27(26)35-31(30)22-10-12-28(41-7)29(16-22)42-8)32(39)38-19-24-17-37(18-25(24)20-38)14-13-36(6)33(40)43-34(3,4)5/h9-12,15-16,21,24-25,35H,13-14,17-20H2,1-8H3. The number of nitrogens with one attached hydrogen (secondary N) is 1. The molecule has 0 radical (unpaired) electrons. The number of fused-ring (bicyclic) bond motifs is 2. The first kappa shape index (κ1) is 30.7. The number of likely N-dealkylation sites (tertiary alicyclic amines) is 2. The fraction of sp³-hybridized carbons (Fsp3) is 0.529. The molecule has 0 spiro atoms. The predicted octanol–water partition coefficient (Wildman–Crippen LogP) is 5.85. The molecule has 2 amide bonds. The summed E-state index contributed by atoms with van der Waals surface area (Å²) < 4.78 is 16.5. The highest BCUT2D eigenvalue weighted by Gasteiger charge is 2.41. The highest BCUT2D eigenvalue weighted by Crippen LogP contribution is 2.39. The van der Waals surface area contributed by atoms with Gasteiger partial charge in [-0.3, -0.25) is 4.79 Å². The molecular formula is C34H46N4O5. The van der Waals surface area contributed by atoms with Gasteiger partial charge in [-0.2, -0.15) is 0 Å². The molecule has 0 saturated carbocycles. The van der Waals surface area contributed by atoms with Crippen LogP contribution >= 0.6 is 0 Å². The number of amides is 2. The second-order valence-corrected chi connectivity index (χ2v) is 13.3. The predicted molar refractivity (Wildman–Crippen MR) is 169 cm³/mol. The van der Waals surface area contributed by atoms with E-state index < -0.39 is 5.60 Å². The summed E-state index contributed by atoms with van der Waals surface area (Å²) in [6.07, 6.45) is -0.292. The lowest BCUT2D eigenvalue weighted by molar-refractivity contribution is 0.0284. The zero-order chi connectivity index (χ0) is 31.1. The molecule has 5 rings (SSSR count). The van der Waals surface area contributed by atoms with E-state index >= 15 is 0 Å². The summed E-state index contributed by atoms with van der Waals surface area (Å²) in [5, 5.41) is 1.07. The number of aromatic nitrogens is 1. The maximum Gasteiger partial charge on any atom is 0.410 e. The SMILES string of the molecule is COc1ccc(-c2[nH]c3ccc(C(=O)N4CC5CN(CCN(C)C(=O)OC(C)(C)C)CC5C4)cc3c2C(C)C)cc1OC. The lowest BCUT2D eigenvalue weighted by atomic mass is 9.95. The van der Waals surface area contributed by atoms with Gasteiger partial charge in [0.05, 0.1) is 19.9 Å². The lowest BCUT2D eigenvalue weighted by Crippen LogP contribution is -2.40. The second kappa shape index (κ2) is 12.1. The van der Waals surface area contributed by atoms with E-state index in [-0.39, 0.29) is 17.9 Å². The monoisotopic (exact) mass is 590 g/mol. The highest BCUT2D eigenvalue weighted by molar-refractivity contribution is 6.01. The Morgan fingerprint density at radius 3 is 2.26 bits per heavy atom. The van der Waals surface area contributed by atoms with Gasteiger partial charge in [0.2, 0.25) is 0 Å². The Morgan fingerprint density at radius 1 is 0.977 bits per heavy atom. The third-order valence-electron chi connectivity index (χ3n) is 8.64. The van der Waals surface area contributed by atoms with Crippen LogP contribution in [-0.4, -0.2) is 97.8 Å². The van der Waals surface area contributed by atoms with Crippen molar-refractivity contribution in [1.82, 2.24) is 19.7 Å². The van der Waals surface area contributed by atoms with Crippen molar-refractivity contribution in [3.05, 3.63) is 47.5 Å². The van der Waals surface area contributed by atoms with Gasteiger partial charge in [0, 0.05) is 68.3 Å². The Morgan fingerprint density at radius 2 is 1.65 bits per heavy atom. The summed E-state index contributed by atoms with van der Waals surface area (Å²) >= 11 is 0. The number of ether oxygens (including phenoxy) is 3. The van der Waals surface area contributed by atoms with Crippen molar-refractivity contribution in [1.29, 1.82) is 0 Å². The maximum atomic E-state index is 13.7. The zero-order valence-electron chi connectivity index (χ0n) is 26.8. The van der Waals surface area contributed by atoms with Gasteiger partial charge in [-0.1, -0.05) is 13.8 Å². The van der Waals surface area contributed by atoms with Gasteiger partial charge in [-0.05, 0) is 80.5 Å². The van der Waals surface area contributed by atoms with E-state index in [4.69, 9.17) is 14.2 Å². The molecule has 2 saturated heterocycles. The molecule has 2 atom stereocenters. The number of likely N-dealkylation sites (N-methyl/N-ethyl adjacent to an activating group) is 1. The summed E-state index contributed by atoms with van der Waals surface area (Å²) in [7, 11) is 5.06. The number of H-pyrrole nitrogens is 1. The number of rotatable bonds is 8. The first-order chi connectivity index (χ1) is 20.4. The summed E-state index contributed by atoms with van der Waals surface area (Å²) in [5.41, 5.74) is 4.46. The number of aromatic amines is 1. The Hall–Kier alpha value is -3.72. The average molecular weight is 591 g/mol. The fourth-order valence-electron chi connectivity index (χ4n) is 6.51. The average Bonchev–Trinajstić information content (AvgIpc) is 3.65. The highest BCUT2D eigenvalue weighted by atomic mass is 16.6. The van der Waals surface area contributed by atoms with Crippen molar-refractivity contribution in [2.45, 2.75) is 46.1 Å². The van der Waals surface area contributed by atoms with Crippen LogP contribution in [0.3, 0.4) is 0 Å². The smallest absolute Gasteiger partial charge is 0.410 e. The van der Waals surface area contributed by atoms with Crippen LogP contribution in [0.5, 0.6) is 11.5 Å². The second-order valence-electron chi connectivity index (χ2n) is 13.3. The Balaban J connectivity index is 1.26. The van der Waals surface area contributed by atoms with Crippen molar-refractivity contribution in [3.63, 3.8) is 0 Å². The summed E-state index contributed by atoms with van der Waals surface area (Å²) in [6.45, 7) is 14.8. The number of benzene rings is 2. The molecule has 3 heterocycles. The van der Waals surface area contributed by atoms with Crippen LogP contribution in [0.1, 0.15) is 56.5 Å². The Labute approximate surface area is 255 Å². The van der Waals surface area contributed by atoms with Crippen LogP contribution in [0.2, 0.25) is 0 Å². The van der Waals surface area contributed by atoms with Crippen molar-refractivity contribution in [3.8, 4) is 22.8 Å². The Kier molecular flexibility index (Phi) is 8.65. The first-order valence-corrected chi connectivity index (χ1v) is 15.2. The minimum absolute atomic E-state index is 0.0936. The molecule has 2 aliphatic rings. The number of hydrogen-bond donors (Lipinski definition) is 1. The molecule has 2 fully saturated rings. The van der Waals surface area contributed by atoms with Gasteiger partial charge >= 0.3 is 6.09 Å². The van der Waals surface area contributed by atoms with Gasteiger partial charge in [0.25, 0.3) is 5.91 Å². The quantitative estimate of drug-likeness (QED) is 0.354. The molecular weight excluding hydrogens is 544 g/mol. The molecule has 2 unspecified atom stereocenters. The molecule has 2 aromatic carbocycles. The molecule has 2 aliphatic heterocycles. The van der Waals surface area contributed by atoms with Crippen LogP contribution in [-0.2, 0) is 4.74 Å². The van der Waals surface area contributed by atoms with Crippen LogP contribution in [0.15, 0.2) is 36.4 Å². The topological polar surface area (TPSA) is 87.3 Å². The summed E-state index contributed by atoms with van der Waals surface area (Å²) in [4.78, 5) is 35.7. The zero-order valence-corrected chi connectivity index (χ0v) is 26.8. The number of methoxy groups -OCH3 is 2. The van der Waals surface area contributed by atoms with E-state index in [0.29, 0.717) is 29.9 Å². The van der Waals surface area contributed by atoms with Crippen LogP contribution < -0.4 is 9.47 Å². The van der Waals surface area contributed by atoms with Gasteiger partial charge in [0.15, 0.2) is 11.5 Å². The van der Waals surface area contributed by atoms with Crippen molar-refractivity contribution >= 4 is 22.9 Å². The molecule has 9 nitrogen and oxygen atoms in total. The van der Waals surface area contributed by atoms with Gasteiger partial charge in [-0.25, -0.2) is 4.79 Å². The molecule has 3 aromatic rings.